The van der Waals surface area contributed by atoms with Crippen LogP contribution in [0.3, 0.4) is 0 Å². The molecule has 1 N–H and O–H groups in total. The summed E-state index contributed by atoms with van der Waals surface area (Å²) in [6.45, 7) is 3.92. The van der Waals surface area contributed by atoms with Gasteiger partial charge in [0.2, 0.25) is 5.91 Å². The zero-order valence-corrected chi connectivity index (χ0v) is 15.9. The van der Waals surface area contributed by atoms with E-state index in [1.165, 1.54) is 0 Å². The van der Waals surface area contributed by atoms with Crippen molar-refractivity contribution in [3.8, 4) is 0 Å². The highest BCUT2D eigenvalue weighted by Gasteiger charge is 2.40. The number of thiophene rings is 1. The van der Waals surface area contributed by atoms with Crippen LogP contribution in [0.25, 0.3) is 0 Å². The Morgan fingerprint density at radius 3 is 2.29 bits per heavy atom. The SMILES string of the molecule is CC1CCC(N(C(=O)C(C)NS(=O)(=O)c2cccs2)C2CC2)CC1. The van der Waals surface area contributed by atoms with Crippen molar-refractivity contribution in [3.63, 3.8) is 0 Å². The third-order valence-corrected chi connectivity index (χ3v) is 7.97. The standard InChI is InChI=1S/C17H26N2O3S2/c1-12-5-7-14(8-6-12)19(15-9-10-15)17(20)13(2)18-24(21,22)16-4-3-11-23-16/h3-4,11-15,18H,5-10H2,1-2H3. The van der Waals surface area contributed by atoms with Crippen LogP contribution in [-0.4, -0.2) is 37.4 Å². The Labute approximate surface area is 148 Å². The fourth-order valence-corrected chi connectivity index (χ4v) is 5.72. The van der Waals surface area contributed by atoms with E-state index in [2.05, 4.69) is 11.6 Å². The van der Waals surface area contributed by atoms with E-state index in [4.69, 9.17) is 0 Å². The van der Waals surface area contributed by atoms with Crippen LogP contribution in [0.4, 0.5) is 0 Å². The lowest BCUT2D eigenvalue weighted by atomic mass is 9.86. The first-order valence-corrected chi connectivity index (χ1v) is 11.1. The Kier molecular flexibility index (Phi) is 5.32. The second-order valence-corrected chi connectivity index (χ2v) is 10.1. The van der Waals surface area contributed by atoms with Gasteiger partial charge >= 0.3 is 0 Å². The van der Waals surface area contributed by atoms with Crippen molar-refractivity contribution < 1.29 is 13.2 Å². The van der Waals surface area contributed by atoms with E-state index in [0.29, 0.717) is 6.04 Å². The summed E-state index contributed by atoms with van der Waals surface area (Å²) in [7, 11) is -3.62. The van der Waals surface area contributed by atoms with Crippen molar-refractivity contribution in [2.24, 2.45) is 5.92 Å². The van der Waals surface area contributed by atoms with Gasteiger partial charge in [0.1, 0.15) is 4.21 Å². The molecule has 0 aromatic carbocycles. The molecule has 2 aliphatic carbocycles. The summed E-state index contributed by atoms with van der Waals surface area (Å²) >= 11 is 1.16. The molecule has 7 heteroatoms. The molecule has 0 radical (unpaired) electrons. The fourth-order valence-electron chi connectivity index (χ4n) is 3.51. The molecule has 1 aromatic rings. The van der Waals surface area contributed by atoms with E-state index < -0.39 is 16.1 Å². The molecule has 1 amide bonds. The van der Waals surface area contributed by atoms with E-state index >= 15 is 0 Å². The molecule has 134 valence electrons. The predicted molar refractivity (Wildman–Crippen MR) is 95.4 cm³/mol. The summed E-state index contributed by atoms with van der Waals surface area (Å²) in [5.74, 6) is 0.657. The van der Waals surface area contributed by atoms with E-state index in [9.17, 15) is 13.2 Å². The van der Waals surface area contributed by atoms with Crippen molar-refractivity contribution in [3.05, 3.63) is 17.5 Å². The van der Waals surface area contributed by atoms with E-state index in [1.54, 1.807) is 24.4 Å². The van der Waals surface area contributed by atoms with Gasteiger partial charge in [-0.1, -0.05) is 13.0 Å². The fraction of sp³-hybridized carbons (Fsp3) is 0.706. The first kappa shape index (κ1) is 17.9. The minimum absolute atomic E-state index is 0.0721. The van der Waals surface area contributed by atoms with Gasteiger partial charge in [-0.3, -0.25) is 4.79 Å². The van der Waals surface area contributed by atoms with Gasteiger partial charge in [-0.25, -0.2) is 8.42 Å². The average Bonchev–Trinajstić information content (AvgIpc) is 3.19. The van der Waals surface area contributed by atoms with Crippen molar-refractivity contribution >= 4 is 27.3 Å². The van der Waals surface area contributed by atoms with Crippen LogP contribution in [0.1, 0.15) is 52.4 Å². The molecule has 2 aliphatic rings. The van der Waals surface area contributed by atoms with Gasteiger partial charge in [0.25, 0.3) is 10.0 Å². The van der Waals surface area contributed by atoms with Gasteiger partial charge in [-0.2, -0.15) is 4.72 Å². The lowest BCUT2D eigenvalue weighted by Crippen LogP contribution is -2.52. The largest absolute Gasteiger partial charge is 0.335 e. The van der Waals surface area contributed by atoms with Gasteiger partial charge in [-0.05, 0) is 62.8 Å². The number of carbonyl (C=O) groups is 1. The molecule has 5 nitrogen and oxygen atoms in total. The zero-order chi connectivity index (χ0) is 17.3. The lowest BCUT2D eigenvalue weighted by Gasteiger charge is -2.37. The lowest BCUT2D eigenvalue weighted by molar-refractivity contribution is -0.136. The number of sulfonamides is 1. The summed E-state index contributed by atoms with van der Waals surface area (Å²) in [5, 5.41) is 1.72. The molecular weight excluding hydrogens is 344 g/mol. The quantitative estimate of drug-likeness (QED) is 0.837. The van der Waals surface area contributed by atoms with Gasteiger partial charge in [0.05, 0.1) is 6.04 Å². The second-order valence-electron chi connectivity index (χ2n) is 7.17. The molecular formula is C17H26N2O3S2. The normalized spacial score (nSPS) is 26.1. The molecule has 1 aromatic heterocycles. The van der Waals surface area contributed by atoms with Crippen LogP contribution in [-0.2, 0) is 14.8 Å². The monoisotopic (exact) mass is 370 g/mol. The van der Waals surface area contributed by atoms with Crippen molar-refractivity contribution in [1.29, 1.82) is 0 Å². The summed E-state index contributed by atoms with van der Waals surface area (Å²) in [5.41, 5.74) is 0. The zero-order valence-electron chi connectivity index (χ0n) is 14.3. The number of carbonyl (C=O) groups excluding carboxylic acids is 1. The van der Waals surface area contributed by atoms with Crippen molar-refractivity contribution in [1.82, 2.24) is 9.62 Å². The molecule has 0 bridgehead atoms. The van der Waals surface area contributed by atoms with Gasteiger partial charge in [-0.15, -0.1) is 11.3 Å². The van der Waals surface area contributed by atoms with Gasteiger partial charge in [0, 0.05) is 12.1 Å². The summed E-state index contributed by atoms with van der Waals surface area (Å²) < 4.78 is 27.5. The summed E-state index contributed by atoms with van der Waals surface area (Å²) in [6.07, 6.45) is 6.46. The number of nitrogens with one attached hydrogen (secondary N) is 1. The van der Waals surface area contributed by atoms with Crippen LogP contribution in [0.5, 0.6) is 0 Å². The van der Waals surface area contributed by atoms with E-state index in [1.807, 2.05) is 4.90 Å². The van der Waals surface area contributed by atoms with E-state index in [0.717, 1.165) is 55.8 Å². The van der Waals surface area contributed by atoms with E-state index in [-0.39, 0.29) is 16.2 Å². The molecule has 1 unspecified atom stereocenters. The van der Waals surface area contributed by atoms with Crippen LogP contribution in [0.2, 0.25) is 0 Å². The van der Waals surface area contributed by atoms with Crippen LogP contribution in [0, 0.1) is 5.92 Å². The highest BCUT2D eigenvalue weighted by atomic mass is 32.2. The minimum atomic E-state index is -3.62. The highest BCUT2D eigenvalue weighted by Crippen LogP contribution is 2.35. The predicted octanol–water partition coefficient (Wildman–Crippen LogP) is 2.98. The average molecular weight is 371 g/mol. The molecule has 2 saturated carbocycles. The highest BCUT2D eigenvalue weighted by molar-refractivity contribution is 7.91. The molecule has 0 spiro atoms. The Morgan fingerprint density at radius 2 is 1.79 bits per heavy atom. The molecule has 2 fully saturated rings. The molecule has 1 heterocycles. The topological polar surface area (TPSA) is 66.5 Å². The Hall–Kier alpha value is -0.920. The smallest absolute Gasteiger partial charge is 0.250 e. The summed E-state index contributed by atoms with van der Waals surface area (Å²) in [4.78, 5) is 14.9. The summed E-state index contributed by atoms with van der Waals surface area (Å²) in [6, 6.07) is 3.12. The number of nitrogens with zero attached hydrogens (tertiary/aromatic N) is 1. The third-order valence-electron chi connectivity index (χ3n) is 5.04. The van der Waals surface area contributed by atoms with Crippen molar-refractivity contribution in [2.45, 2.75) is 74.7 Å². The Balaban J connectivity index is 1.68. The minimum Gasteiger partial charge on any atom is -0.335 e. The molecule has 0 saturated heterocycles. The third kappa shape index (κ3) is 4.00. The first-order chi connectivity index (χ1) is 11.4. The van der Waals surface area contributed by atoms with Crippen LogP contribution >= 0.6 is 11.3 Å². The van der Waals surface area contributed by atoms with Crippen LogP contribution in [0.15, 0.2) is 21.7 Å². The molecule has 0 aliphatic heterocycles. The number of hydrogen-bond donors (Lipinski definition) is 1. The molecule has 24 heavy (non-hydrogen) atoms. The number of amides is 1. The maximum Gasteiger partial charge on any atom is 0.250 e. The maximum absolute atomic E-state index is 13.0. The van der Waals surface area contributed by atoms with Gasteiger partial charge < -0.3 is 4.90 Å². The van der Waals surface area contributed by atoms with Gasteiger partial charge in [0.15, 0.2) is 0 Å². The molecule has 1 atom stereocenters. The number of hydrogen-bond acceptors (Lipinski definition) is 4. The molecule has 3 rings (SSSR count). The van der Waals surface area contributed by atoms with Crippen molar-refractivity contribution in [2.75, 3.05) is 0 Å². The second kappa shape index (κ2) is 7.14. The Morgan fingerprint density at radius 1 is 1.21 bits per heavy atom. The number of rotatable bonds is 6. The first-order valence-electron chi connectivity index (χ1n) is 8.76. The van der Waals surface area contributed by atoms with Crippen LogP contribution < -0.4 is 4.72 Å². The Bertz CT molecular complexity index is 660. The maximum atomic E-state index is 13.0.